The first-order valence-corrected chi connectivity index (χ1v) is 9.60. The van der Waals surface area contributed by atoms with Gasteiger partial charge in [-0.15, -0.1) is 5.10 Å². The Morgan fingerprint density at radius 2 is 1.96 bits per heavy atom. The molecule has 144 valence electrons. The highest BCUT2D eigenvalue weighted by atomic mass is 16.6. The molecule has 7 heteroatoms. The van der Waals surface area contributed by atoms with Crippen LogP contribution in [0.15, 0.2) is 48.7 Å². The number of anilines is 1. The molecule has 0 aliphatic carbocycles. The van der Waals surface area contributed by atoms with Crippen molar-refractivity contribution in [2.75, 3.05) is 25.0 Å². The minimum atomic E-state index is -0.239. The van der Waals surface area contributed by atoms with Gasteiger partial charge in [0.15, 0.2) is 0 Å². The number of rotatable bonds is 4. The van der Waals surface area contributed by atoms with Crippen molar-refractivity contribution in [1.82, 2.24) is 20.1 Å². The molecule has 0 bridgehead atoms. The van der Waals surface area contributed by atoms with Crippen LogP contribution in [0.4, 0.5) is 10.7 Å². The van der Waals surface area contributed by atoms with Gasteiger partial charge in [0, 0.05) is 24.7 Å². The van der Waals surface area contributed by atoms with Crippen LogP contribution in [0.25, 0.3) is 22.0 Å². The van der Waals surface area contributed by atoms with E-state index in [1.54, 1.807) is 11.1 Å². The summed E-state index contributed by atoms with van der Waals surface area (Å²) >= 11 is 0. The molecule has 1 amide bonds. The summed E-state index contributed by atoms with van der Waals surface area (Å²) in [6, 6.07) is 14.7. The second-order valence-corrected chi connectivity index (χ2v) is 6.83. The number of carbonyl (C=O) groups excluding carboxylic acids is 1. The molecule has 1 aliphatic heterocycles. The maximum atomic E-state index is 11.8. The van der Waals surface area contributed by atoms with Gasteiger partial charge in [0.1, 0.15) is 0 Å². The zero-order valence-corrected chi connectivity index (χ0v) is 15.8. The third kappa shape index (κ3) is 4.03. The van der Waals surface area contributed by atoms with E-state index in [0.29, 0.717) is 25.6 Å². The van der Waals surface area contributed by atoms with Crippen molar-refractivity contribution in [1.29, 1.82) is 0 Å². The number of nitrogens with one attached hydrogen (secondary N) is 1. The maximum absolute atomic E-state index is 11.8. The number of ether oxygens (including phenoxy) is 1. The second kappa shape index (κ2) is 8.21. The predicted octanol–water partition coefficient (Wildman–Crippen LogP) is 3.72. The van der Waals surface area contributed by atoms with E-state index in [2.05, 4.69) is 44.8 Å². The monoisotopic (exact) mass is 377 g/mol. The average molecular weight is 377 g/mol. The van der Waals surface area contributed by atoms with Crippen molar-refractivity contribution in [2.24, 2.45) is 0 Å². The standard InChI is InChI=1S/C21H23N5O2/c1-2-28-21(27)26-11-9-18(10-12-26)23-20-24-19(14-22-25-20)17-8-7-15-5-3-4-6-16(15)13-17/h3-8,13-14,18H,2,9-12H2,1H3,(H,23,24,25). The number of benzene rings is 2. The third-order valence-electron chi connectivity index (χ3n) is 4.96. The summed E-state index contributed by atoms with van der Waals surface area (Å²) in [5, 5.41) is 14.0. The third-order valence-corrected chi connectivity index (χ3v) is 4.96. The van der Waals surface area contributed by atoms with Crippen molar-refractivity contribution in [3.63, 3.8) is 0 Å². The minimum Gasteiger partial charge on any atom is -0.450 e. The largest absolute Gasteiger partial charge is 0.450 e. The van der Waals surface area contributed by atoms with Gasteiger partial charge in [0.05, 0.1) is 18.5 Å². The molecule has 1 saturated heterocycles. The Hall–Kier alpha value is -3.22. The molecule has 2 heterocycles. The molecule has 1 aliphatic rings. The molecule has 28 heavy (non-hydrogen) atoms. The van der Waals surface area contributed by atoms with E-state index >= 15 is 0 Å². The molecule has 3 aromatic rings. The molecule has 0 atom stereocenters. The molecule has 0 saturated carbocycles. The summed E-state index contributed by atoms with van der Waals surface area (Å²) in [5.74, 6) is 0.514. The first-order valence-electron chi connectivity index (χ1n) is 9.60. The van der Waals surface area contributed by atoms with E-state index in [0.717, 1.165) is 24.1 Å². The lowest BCUT2D eigenvalue weighted by atomic mass is 10.1. The van der Waals surface area contributed by atoms with Crippen molar-refractivity contribution in [2.45, 2.75) is 25.8 Å². The van der Waals surface area contributed by atoms with Crippen LogP contribution in [0.2, 0.25) is 0 Å². The summed E-state index contributed by atoms with van der Waals surface area (Å²) in [6.45, 7) is 3.54. The van der Waals surface area contributed by atoms with E-state index in [9.17, 15) is 4.79 Å². The Bertz CT molecular complexity index is 970. The molecular weight excluding hydrogens is 354 g/mol. The Labute approximate surface area is 163 Å². The lowest BCUT2D eigenvalue weighted by molar-refractivity contribution is 0.0983. The molecular formula is C21H23N5O2. The van der Waals surface area contributed by atoms with Crippen LogP contribution >= 0.6 is 0 Å². The summed E-state index contributed by atoms with van der Waals surface area (Å²) in [4.78, 5) is 18.2. The highest BCUT2D eigenvalue weighted by molar-refractivity contribution is 5.86. The van der Waals surface area contributed by atoms with Gasteiger partial charge in [-0.2, -0.15) is 5.10 Å². The van der Waals surface area contributed by atoms with Crippen molar-refractivity contribution >= 4 is 22.8 Å². The lowest BCUT2D eigenvalue weighted by Gasteiger charge is -2.31. The first-order chi connectivity index (χ1) is 13.7. The van der Waals surface area contributed by atoms with E-state index in [-0.39, 0.29) is 12.1 Å². The maximum Gasteiger partial charge on any atom is 0.409 e. The van der Waals surface area contributed by atoms with Crippen molar-refractivity contribution in [3.8, 4) is 11.3 Å². The van der Waals surface area contributed by atoms with Crippen molar-refractivity contribution in [3.05, 3.63) is 48.7 Å². The first kappa shape index (κ1) is 18.2. The molecule has 4 rings (SSSR count). The SMILES string of the molecule is CCOC(=O)N1CCC(Nc2nncc(-c3ccc4ccccc4c3)n2)CC1. The molecule has 0 unspecified atom stereocenters. The molecule has 1 aromatic heterocycles. The Morgan fingerprint density at radius 1 is 1.18 bits per heavy atom. The van der Waals surface area contributed by atoms with Crippen molar-refractivity contribution < 1.29 is 9.53 Å². The molecule has 0 spiro atoms. The number of amides is 1. The van der Waals surface area contributed by atoms with Crippen LogP contribution in [-0.2, 0) is 4.74 Å². The number of fused-ring (bicyclic) bond motifs is 1. The number of likely N-dealkylation sites (tertiary alicyclic amines) is 1. The van der Waals surface area contributed by atoms with Gasteiger partial charge in [0.25, 0.3) is 0 Å². The fourth-order valence-electron chi connectivity index (χ4n) is 3.46. The van der Waals surface area contributed by atoms with E-state index in [1.807, 2.05) is 25.1 Å². The van der Waals surface area contributed by atoms with Crippen LogP contribution in [-0.4, -0.2) is 51.9 Å². The van der Waals surface area contributed by atoms with Crippen LogP contribution in [0.1, 0.15) is 19.8 Å². The highest BCUT2D eigenvalue weighted by Gasteiger charge is 2.24. The lowest BCUT2D eigenvalue weighted by Crippen LogP contribution is -2.42. The Morgan fingerprint density at radius 3 is 2.75 bits per heavy atom. The fourth-order valence-corrected chi connectivity index (χ4v) is 3.46. The van der Waals surface area contributed by atoms with Crippen LogP contribution in [0.3, 0.4) is 0 Å². The second-order valence-electron chi connectivity index (χ2n) is 6.83. The van der Waals surface area contributed by atoms with Gasteiger partial charge >= 0.3 is 6.09 Å². The topological polar surface area (TPSA) is 80.2 Å². The highest BCUT2D eigenvalue weighted by Crippen LogP contribution is 2.23. The molecule has 1 N–H and O–H groups in total. The Balaban J connectivity index is 1.43. The fraction of sp³-hybridized carbons (Fsp3) is 0.333. The number of hydrogen-bond donors (Lipinski definition) is 1. The zero-order chi connectivity index (χ0) is 19.3. The van der Waals surface area contributed by atoms with Crippen LogP contribution in [0.5, 0.6) is 0 Å². The minimum absolute atomic E-state index is 0.208. The summed E-state index contributed by atoms with van der Waals surface area (Å²) in [5.41, 5.74) is 1.79. The summed E-state index contributed by atoms with van der Waals surface area (Å²) < 4.78 is 5.06. The van der Waals surface area contributed by atoms with E-state index in [1.165, 1.54) is 10.8 Å². The van der Waals surface area contributed by atoms with Gasteiger partial charge < -0.3 is 15.0 Å². The summed E-state index contributed by atoms with van der Waals surface area (Å²) in [6.07, 6.45) is 3.08. The normalized spacial score (nSPS) is 14.8. The van der Waals surface area contributed by atoms with E-state index in [4.69, 9.17) is 4.74 Å². The van der Waals surface area contributed by atoms with Gasteiger partial charge in [-0.3, -0.25) is 0 Å². The van der Waals surface area contributed by atoms with Crippen LogP contribution in [0, 0.1) is 0 Å². The molecule has 2 aromatic carbocycles. The number of piperidine rings is 1. The molecule has 1 fully saturated rings. The number of nitrogens with zero attached hydrogens (tertiary/aromatic N) is 4. The van der Waals surface area contributed by atoms with Crippen LogP contribution < -0.4 is 5.32 Å². The molecule has 0 radical (unpaired) electrons. The summed E-state index contributed by atoms with van der Waals surface area (Å²) in [7, 11) is 0. The van der Waals surface area contributed by atoms with E-state index < -0.39 is 0 Å². The molecule has 7 nitrogen and oxygen atoms in total. The number of aromatic nitrogens is 3. The average Bonchev–Trinajstić information content (AvgIpc) is 2.74. The van der Waals surface area contributed by atoms with Gasteiger partial charge in [0.2, 0.25) is 5.95 Å². The quantitative estimate of drug-likeness (QED) is 0.746. The van der Waals surface area contributed by atoms with Gasteiger partial charge in [-0.25, -0.2) is 9.78 Å². The van der Waals surface area contributed by atoms with Gasteiger partial charge in [-0.1, -0.05) is 36.4 Å². The number of carbonyl (C=O) groups is 1. The zero-order valence-electron chi connectivity index (χ0n) is 15.8. The predicted molar refractivity (Wildman–Crippen MR) is 108 cm³/mol. The Kier molecular flexibility index (Phi) is 5.32. The van der Waals surface area contributed by atoms with Gasteiger partial charge in [-0.05, 0) is 36.6 Å². The number of hydrogen-bond acceptors (Lipinski definition) is 6. The smallest absolute Gasteiger partial charge is 0.409 e.